The Morgan fingerprint density at radius 1 is 0.950 bits per heavy atom. The number of fused-ring (bicyclic) bond motifs is 2. The first-order valence-corrected chi connectivity index (χ1v) is 8.13. The first-order chi connectivity index (χ1) is 9.28. The van der Waals surface area contributed by atoms with E-state index in [-0.39, 0.29) is 12.4 Å². The lowest BCUT2D eigenvalue weighted by atomic mass is 9.70. The van der Waals surface area contributed by atoms with Crippen molar-refractivity contribution >= 4 is 24.0 Å². The third kappa shape index (κ3) is 2.73. The molecule has 20 heavy (non-hydrogen) atoms. The van der Waals surface area contributed by atoms with E-state index in [1.54, 1.807) is 0 Å². The van der Waals surface area contributed by atoms with Gasteiger partial charge in [-0.3, -0.25) is 0 Å². The van der Waals surface area contributed by atoms with Gasteiger partial charge < -0.3 is 5.32 Å². The highest BCUT2D eigenvalue weighted by Crippen LogP contribution is 2.55. The van der Waals surface area contributed by atoms with Crippen molar-refractivity contribution in [3.8, 4) is 0 Å². The molecule has 0 amide bonds. The molecule has 1 aromatic rings. The van der Waals surface area contributed by atoms with Crippen LogP contribution in [0.3, 0.4) is 0 Å². The molecule has 0 aliphatic heterocycles. The number of hydrogen-bond acceptors (Lipinski definition) is 1. The topological polar surface area (TPSA) is 12.0 Å². The number of nitrogens with one attached hydrogen (secondary N) is 1. The summed E-state index contributed by atoms with van der Waals surface area (Å²) in [5.74, 6) is 4.09. The molecule has 3 bridgehead atoms. The summed E-state index contributed by atoms with van der Waals surface area (Å²) < 4.78 is 0. The van der Waals surface area contributed by atoms with Gasteiger partial charge in [0.1, 0.15) is 0 Å². The van der Waals surface area contributed by atoms with Gasteiger partial charge in [0.15, 0.2) is 0 Å². The van der Waals surface area contributed by atoms with E-state index in [4.69, 9.17) is 11.6 Å². The lowest BCUT2D eigenvalue weighted by Crippen LogP contribution is -2.42. The minimum Gasteiger partial charge on any atom is -0.310 e. The van der Waals surface area contributed by atoms with Crippen molar-refractivity contribution in [3.05, 3.63) is 34.9 Å². The second kappa shape index (κ2) is 5.87. The van der Waals surface area contributed by atoms with Gasteiger partial charge in [0, 0.05) is 17.6 Å². The minimum atomic E-state index is 0. The molecule has 0 saturated heterocycles. The van der Waals surface area contributed by atoms with Crippen molar-refractivity contribution in [2.75, 3.05) is 0 Å². The fourth-order valence-electron chi connectivity index (χ4n) is 5.04. The van der Waals surface area contributed by atoms with Crippen molar-refractivity contribution in [3.63, 3.8) is 0 Å². The van der Waals surface area contributed by atoms with Crippen LogP contribution >= 0.6 is 24.0 Å². The molecular formula is C17H23Cl2N. The van der Waals surface area contributed by atoms with Crippen LogP contribution in [0.25, 0.3) is 0 Å². The van der Waals surface area contributed by atoms with Crippen molar-refractivity contribution in [2.45, 2.75) is 44.7 Å². The Morgan fingerprint density at radius 3 is 2.40 bits per heavy atom. The van der Waals surface area contributed by atoms with E-state index in [9.17, 15) is 0 Å². The molecule has 1 aromatic carbocycles. The van der Waals surface area contributed by atoms with Crippen LogP contribution in [0.5, 0.6) is 0 Å². The van der Waals surface area contributed by atoms with Gasteiger partial charge in [-0.2, -0.15) is 0 Å². The van der Waals surface area contributed by atoms with Gasteiger partial charge in [0.2, 0.25) is 0 Å². The van der Waals surface area contributed by atoms with Gasteiger partial charge in [-0.15, -0.1) is 12.4 Å². The number of benzene rings is 1. The Labute approximate surface area is 132 Å². The fraction of sp³-hybridized carbons (Fsp3) is 0.647. The standard InChI is InChI=1S/C17H22ClN.ClH/c18-15-3-1-11(2-4-15)10-19-17-9-13-5-12-6-14(7-13)16(17)8-12;/h1-4,12-14,16-17,19H,5-10H2;1H. The minimum absolute atomic E-state index is 0. The maximum atomic E-state index is 5.94. The average molecular weight is 312 g/mol. The molecular weight excluding hydrogens is 289 g/mol. The van der Waals surface area contributed by atoms with E-state index >= 15 is 0 Å². The molecule has 0 aromatic heterocycles. The second-order valence-electron chi connectivity index (χ2n) is 6.95. The molecule has 3 aliphatic rings. The Morgan fingerprint density at radius 2 is 1.65 bits per heavy atom. The van der Waals surface area contributed by atoms with Crippen LogP contribution in [0.15, 0.2) is 24.3 Å². The van der Waals surface area contributed by atoms with Crippen LogP contribution in [-0.2, 0) is 6.54 Å². The zero-order chi connectivity index (χ0) is 12.8. The molecule has 3 heteroatoms. The largest absolute Gasteiger partial charge is 0.310 e. The highest BCUT2D eigenvalue weighted by molar-refractivity contribution is 6.30. The summed E-state index contributed by atoms with van der Waals surface area (Å²) in [6.07, 6.45) is 7.50. The zero-order valence-corrected chi connectivity index (χ0v) is 13.3. The maximum Gasteiger partial charge on any atom is 0.0406 e. The van der Waals surface area contributed by atoms with Crippen molar-refractivity contribution < 1.29 is 0 Å². The van der Waals surface area contributed by atoms with E-state index in [1.807, 2.05) is 12.1 Å². The summed E-state index contributed by atoms with van der Waals surface area (Å²) in [6.45, 7) is 1.00. The summed E-state index contributed by atoms with van der Waals surface area (Å²) in [5.41, 5.74) is 1.36. The molecule has 3 saturated carbocycles. The average Bonchev–Trinajstić information content (AvgIpc) is 2.63. The lowest BCUT2D eigenvalue weighted by molar-refractivity contribution is 0.136. The summed E-state index contributed by atoms with van der Waals surface area (Å²) in [6, 6.07) is 9.05. The van der Waals surface area contributed by atoms with Crippen LogP contribution < -0.4 is 5.32 Å². The van der Waals surface area contributed by atoms with E-state index in [1.165, 1.54) is 37.7 Å². The van der Waals surface area contributed by atoms with Crippen molar-refractivity contribution in [1.82, 2.24) is 5.32 Å². The van der Waals surface area contributed by atoms with Gasteiger partial charge >= 0.3 is 0 Å². The molecule has 3 fully saturated rings. The molecule has 3 aliphatic carbocycles. The van der Waals surface area contributed by atoms with Crippen molar-refractivity contribution in [1.29, 1.82) is 0 Å². The van der Waals surface area contributed by atoms with Gasteiger partial charge in [-0.05, 0) is 73.5 Å². The van der Waals surface area contributed by atoms with Gasteiger partial charge in [0.05, 0.1) is 0 Å². The Balaban J connectivity index is 0.00000121. The zero-order valence-electron chi connectivity index (χ0n) is 11.7. The third-order valence-electron chi connectivity index (χ3n) is 5.74. The van der Waals surface area contributed by atoms with Crippen LogP contribution in [0.1, 0.15) is 37.7 Å². The molecule has 1 nitrogen and oxygen atoms in total. The quantitative estimate of drug-likeness (QED) is 0.855. The van der Waals surface area contributed by atoms with E-state index in [0.29, 0.717) is 0 Å². The maximum absolute atomic E-state index is 5.94. The van der Waals surface area contributed by atoms with E-state index < -0.39 is 0 Å². The van der Waals surface area contributed by atoms with E-state index in [2.05, 4.69) is 17.4 Å². The summed E-state index contributed by atoms with van der Waals surface area (Å²) in [4.78, 5) is 0. The Hall–Kier alpha value is -0.240. The molecule has 0 radical (unpaired) electrons. The second-order valence-corrected chi connectivity index (χ2v) is 7.38. The monoisotopic (exact) mass is 311 g/mol. The molecule has 110 valence electrons. The third-order valence-corrected chi connectivity index (χ3v) is 5.99. The number of rotatable bonds is 3. The summed E-state index contributed by atoms with van der Waals surface area (Å²) in [5, 5.41) is 4.67. The first kappa shape index (κ1) is 14.7. The van der Waals surface area contributed by atoms with Gasteiger partial charge in [-0.25, -0.2) is 0 Å². The Bertz CT molecular complexity index is 457. The van der Waals surface area contributed by atoms with Gasteiger partial charge in [-0.1, -0.05) is 23.7 Å². The van der Waals surface area contributed by atoms with Crippen molar-refractivity contribution in [2.24, 2.45) is 23.7 Å². The van der Waals surface area contributed by atoms with Crippen LogP contribution in [0.4, 0.5) is 0 Å². The number of hydrogen-bond donors (Lipinski definition) is 1. The van der Waals surface area contributed by atoms with E-state index in [0.717, 1.165) is 41.3 Å². The summed E-state index contributed by atoms with van der Waals surface area (Å²) >= 11 is 5.94. The smallest absolute Gasteiger partial charge is 0.0406 e. The lowest BCUT2D eigenvalue weighted by Gasteiger charge is -2.40. The molecule has 4 rings (SSSR count). The highest BCUT2D eigenvalue weighted by atomic mass is 35.5. The van der Waals surface area contributed by atoms with Crippen LogP contribution in [0.2, 0.25) is 5.02 Å². The fourth-order valence-corrected chi connectivity index (χ4v) is 5.17. The van der Waals surface area contributed by atoms with Gasteiger partial charge in [0.25, 0.3) is 0 Å². The van der Waals surface area contributed by atoms with Crippen LogP contribution in [0, 0.1) is 23.7 Å². The highest BCUT2D eigenvalue weighted by Gasteiger charge is 2.48. The summed E-state index contributed by atoms with van der Waals surface area (Å²) in [7, 11) is 0. The molecule has 5 atom stereocenters. The Kier molecular flexibility index (Phi) is 4.31. The SMILES string of the molecule is Cl.Clc1ccc(CNC2CC3CC4CC(C3)C2C4)cc1. The number of halogens is 2. The molecule has 5 unspecified atom stereocenters. The molecule has 0 spiro atoms. The first-order valence-electron chi connectivity index (χ1n) is 7.76. The predicted molar refractivity (Wildman–Crippen MR) is 86.4 cm³/mol. The molecule has 1 N–H and O–H groups in total. The predicted octanol–water partition coefficient (Wildman–Crippen LogP) is 4.68. The normalized spacial score (nSPS) is 37.8. The molecule has 0 heterocycles. The van der Waals surface area contributed by atoms with Crippen LogP contribution in [-0.4, -0.2) is 6.04 Å².